The molecule has 0 saturated carbocycles. The van der Waals surface area contributed by atoms with Crippen LogP contribution < -0.4 is 4.74 Å². The third-order valence-corrected chi connectivity index (χ3v) is 2.90. The lowest BCUT2D eigenvalue weighted by atomic mass is 10.2. The van der Waals surface area contributed by atoms with E-state index in [4.69, 9.17) is 10.00 Å². The van der Waals surface area contributed by atoms with Gasteiger partial charge in [-0.05, 0) is 25.1 Å². The molecule has 0 aliphatic rings. The minimum atomic E-state index is -0.450. The van der Waals surface area contributed by atoms with Crippen molar-refractivity contribution in [3.63, 3.8) is 0 Å². The van der Waals surface area contributed by atoms with Gasteiger partial charge >= 0.3 is 0 Å². The molecule has 5 heteroatoms. The number of nitriles is 1. The van der Waals surface area contributed by atoms with E-state index in [0.717, 1.165) is 5.69 Å². The van der Waals surface area contributed by atoms with E-state index in [1.165, 1.54) is 13.2 Å². The van der Waals surface area contributed by atoms with Crippen molar-refractivity contribution in [1.82, 2.24) is 9.55 Å². The van der Waals surface area contributed by atoms with Crippen molar-refractivity contribution in [3.8, 4) is 23.2 Å². The molecule has 0 amide bonds. The summed E-state index contributed by atoms with van der Waals surface area (Å²) in [6.45, 7) is 1.80. The summed E-state index contributed by atoms with van der Waals surface area (Å²) >= 11 is 0. The van der Waals surface area contributed by atoms with Gasteiger partial charge in [0.05, 0.1) is 12.8 Å². The van der Waals surface area contributed by atoms with Crippen LogP contribution in [0.4, 0.5) is 4.39 Å². The first-order chi connectivity index (χ1) is 8.58. The summed E-state index contributed by atoms with van der Waals surface area (Å²) in [6.07, 6.45) is 0. The van der Waals surface area contributed by atoms with Crippen molar-refractivity contribution in [2.45, 2.75) is 6.92 Å². The van der Waals surface area contributed by atoms with E-state index in [2.05, 4.69) is 4.98 Å². The van der Waals surface area contributed by atoms with Crippen LogP contribution in [0.25, 0.3) is 11.4 Å². The van der Waals surface area contributed by atoms with Gasteiger partial charge in [-0.15, -0.1) is 0 Å². The maximum Gasteiger partial charge on any atom is 0.165 e. The average Bonchev–Trinajstić information content (AvgIpc) is 2.66. The summed E-state index contributed by atoms with van der Waals surface area (Å²) in [7, 11) is 3.21. The molecule has 0 bridgehead atoms. The van der Waals surface area contributed by atoms with Gasteiger partial charge in [0.2, 0.25) is 0 Å². The Morgan fingerprint density at radius 3 is 2.67 bits per heavy atom. The van der Waals surface area contributed by atoms with Crippen molar-refractivity contribution in [2.24, 2.45) is 7.05 Å². The van der Waals surface area contributed by atoms with Crippen molar-refractivity contribution in [2.75, 3.05) is 7.11 Å². The Hall–Kier alpha value is -2.35. The second-order valence-electron chi connectivity index (χ2n) is 3.89. The first kappa shape index (κ1) is 12.1. The molecule has 0 atom stereocenters. The summed E-state index contributed by atoms with van der Waals surface area (Å²) < 4.78 is 20.3. The smallest absolute Gasteiger partial charge is 0.165 e. The number of rotatable bonds is 2. The van der Waals surface area contributed by atoms with Crippen molar-refractivity contribution >= 4 is 0 Å². The van der Waals surface area contributed by atoms with E-state index in [9.17, 15) is 4.39 Å². The third kappa shape index (κ3) is 1.82. The van der Waals surface area contributed by atoms with Crippen LogP contribution in [0.15, 0.2) is 18.2 Å². The lowest BCUT2D eigenvalue weighted by Gasteiger charge is -2.05. The van der Waals surface area contributed by atoms with E-state index in [-0.39, 0.29) is 5.75 Å². The quantitative estimate of drug-likeness (QED) is 0.816. The van der Waals surface area contributed by atoms with Crippen LogP contribution in [-0.4, -0.2) is 16.7 Å². The Morgan fingerprint density at radius 2 is 2.17 bits per heavy atom. The molecule has 2 rings (SSSR count). The van der Waals surface area contributed by atoms with Gasteiger partial charge in [0.15, 0.2) is 17.3 Å². The maximum atomic E-state index is 13.6. The summed E-state index contributed by atoms with van der Waals surface area (Å²) in [5.41, 5.74) is 1.72. The van der Waals surface area contributed by atoms with E-state index in [0.29, 0.717) is 17.1 Å². The first-order valence-corrected chi connectivity index (χ1v) is 5.35. The molecule has 0 aliphatic heterocycles. The third-order valence-electron chi connectivity index (χ3n) is 2.90. The average molecular weight is 245 g/mol. The van der Waals surface area contributed by atoms with Crippen LogP contribution in [0, 0.1) is 24.1 Å². The number of ether oxygens (including phenoxy) is 1. The lowest BCUT2D eigenvalue weighted by molar-refractivity contribution is 0.386. The highest BCUT2D eigenvalue weighted by atomic mass is 19.1. The molecule has 0 unspecified atom stereocenters. The standard InChI is InChI=1S/C13H12FN3O/c1-8-11(7-15)16-13(17(8)2)9-4-5-12(18-3)10(14)6-9/h4-6H,1-3H3. The zero-order chi connectivity index (χ0) is 13.3. The molecule has 1 aromatic heterocycles. The Bertz CT molecular complexity index is 640. The summed E-state index contributed by atoms with van der Waals surface area (Å²) in [5, 5.41) is 8.92. The number of halogens is 1. The van der Waals surface area contributed by atoms with Crippen LogP contribution >= 0.6 is 0 Å². The van der Waals surface area contributed by atoms with Crippen LogP contribution in [0.2, 0.25) is 0 Å². The number of imidazole rings is 1. The fraction of sp³-hybridized carbons (Fsp3) is 0.231. The molecule has 18 heavy (non-hydrogen) atoms. The van der Waals surface area contributed by atoms with Gasteiger partial charge in [0.25, 0.3) is 0 Å². The van der Waals surface area contributed by atoms with Crippen molar-refractivity contribution in [3.05, 3.63) is 35.4 Å². The number of hydrogen-bond donors (Lipinski definition) is 0. The zero-order valence-electron chi connectivity index (χ0n) is 10.4. The molecular weight excluding hydrogens is 233 g/mol. The number of nitrogens with zero attached hydrogens (tertiary/aromatic N) is 3. The highest BCUT2D eigenvalue weighted by molar-refractivity contribution is 5.59. The van der Waals surface area contributed by atoms with Gasteiger partial charge in [-0.2, -0.15) is 5.26 Å². The summed E-state index contributed by atoms with van der Waals surface area (Å²) in [4.78, 5) is 4.19. The van der Waals surface area contributed by atoms with Gasteiger partial charge in [-0.1, -0.05) is 0 Å². The molecule has 1 heterocycles. The fourth-order valence-corrected chi connectivity index (χ4v) is 1.75. The van der Waals surface area contributed by atoms with E-state index >= 15 is 0 Å². The van der Waals surface area contributed by atoms with Gasteiger partial charge < -0.3 is 9.30 Å². The Labute approximate surface area is 104 Å². The normalized spacial score (nSPS) is 10.2. The Morgan fingerprint density at radius 1 is 1.44 bits per heavy atom. The first-order valence-electron chi connectivity index (χ1n) is 5.35. The zero-order valence-corrected chi connectivity index (χ0v) is 10.4. The number of aromatic nitrogens is 2. The van der Waals surface area contributed by atoms with Gasteiger partial charge in [-0.25, -0.2) is 9.37 Å². The van der Waals surface area contributed by atoms with Gasteiger partial charge in [0, 0.05) is 12.6 Å². The molecule has 0 fully saturated rings. The van der Waals surface area contributed by atoms with Crippen LogP contribution in [-0.2, 0) is 7.05 Å². The molecular formula is C13H12FN3O. The predicted molar refractivity (Wildman–Crippen MR) is 64.6 cm³/mol. The highest BCUT2D eigenvalue weighted by Crippen LogP contribution is 2.25. The van der Waals surface area contributed by atoms with Gasteiger partial charge in [-0.3, -0.25) is 0 Å². The van der Waals surface area contributed by atoms with Crippen LogP contribution in [0.3, 0.4) is 0 Å². The monoisotopic (exact) mass is 245 g/mol. The van der Waals surface area contributed by atoms with Crippen LogP contribution in [0.5, 0.6) is 5.75 Å². The topological polar surface area (TPSA) is 50.8 Å². The molecule has 4 nitrogen and oxygen atoms in total. The number of benzene rings is 1. The second-order valence-corrected chi connectivity index (χ2v) is 3.89. The predicted octanol–water partition coefficient (Wildman–Crippen LogP) is 2.41. The van der Waals surface area contributed by atoms with E-state index in [1.807, 2.05) is 6.07 Å². The highest BCUT2D eigenvalue weighted by Gasteiger charge is 2.14. The largest absolute Gasteiger partial charge is 0.494 e. The SMILES string of the molecule is COc1ccc(-c2nc(C#N)c(C)n2C)cc1F. The molecule has 0 spiro atoms. The maximum absolute atomic E-state index is 13.6. The minimum absolute atomic E-state index is 0.185. The Kier molecular flexibility index (Phi) is 3.02. The fourth-order valence-electron chi connectivity index (χ4n) is 1.75. The molecule has 0 radical (unpaired) electrons. The molecule has 2 aromatic rings. The van der Waals surface area contributed by atoms with Gasteiger partial charge in [0.1, 0.15) is 11.9 Å². The van der Waals surface area contributed by atoms with E-state index in [1.54, 1.807) is 30.7 Å². The number of methoxy groups -OCH3 is 1. The Balaban J connectivity index is 2.56. The van der Waals surface area contributed by atoms with E-state index < -0.39 is 5.82 Å². The molecule has 0 aliphatic carbocycles. The molecule has 1 aromatic carbocycles. The molecule has 0 saturated heterocycles. The number of hydrogen-bond acceptors (Lipinski definition) is 3. The minimum Gasteiger partial charge on any atom is -0.494 e. The van der Waals surface area contributed by atoms with Crippen LogP contribution in [0.1, 0.15) is 11.4 Å². The van der Waals surface area contributed by atoms with Crippen molar-refractivity contribution in [1.29, 1.82) is 5.26 Å². The summed E-state index contributed by atoms with van der Waals surface area (Å²) in [5.74, 6) is 0.296. The lowest BCUT2D eigenvalue weighted by Crippen LogP contribution is -1.96. The summed E-state index contributed by atoms with van der Waals surface area (Å²) in [6, 6.07) is 6.62. The second kappa shape index (κ2) is 4.49. The molecule has 0 N–H and O–H groups in total. The van der Waals surface area contributed by atoms with Crippen molar-refractivity contribution < 1.29 is 9.13 Å². The molecule has 92 valence electrons.